The average molecular weight is 261 g/mol. The van der Waals surface area contributed by atoms with Crippen molar-refractivity contribution in [2.75, 3.05) is 19.6 Å². The summed E-state index contributed by atoms with van der Waals surface area (Å²) in [6.07, 6.45) is 5.06. The van der Waals surface area contributed by atoms with Crippen LogP contribution in [0.1, 0.15) is 39.5 Å². The van der Waals surface area contributed by atoms with Crippen LogP contribution < -0.4 is 5.32 Å². The monoisotopic (exact) mass is 260 g/mol. The molecule has 17 heavy (non-hydrogen) atoms. The first-order chi connectivity index (χ1) is 7.68. The van der Waals surface area contributed by atoms with Gasteiger partial charge in [-0.1, -0.05) is 13.8 Å². The van der Waals surface area contributed by atoms with Crippen molar-refractivity contribution in [3.05, 3.63) is 0 Å². The Morgan fingerprint density at radius 3 is 2.65 bits per heavy atom. The largest absolute Gasteiger partial charge is 0.338 e. The van der Waals surface area contributed by atoms with E-state index in [9.17, 15) is 4.79 Å². The zero-order valence-corrected chi connectivity index (χ0v) is 11.8. The maximum Gasteiger partial charge on any atom is 0.236 e. The predicted octanol–water partition coefficient (Wildman–Crippen LogP) is 2.05. The van der Waals surface area contributed by atoms with Gasteiger partial charge in [0.05, 0.1) is 6.54 Å². The molecular formula is C13H25ClN2O. The minimum Gasteiger partial charge on any atom is -0.338 e. The van der Waals surface area contributed by atoms with E-state index >= 15 is 0 Å². The van der Waals surface area contributed by atoms with Crippen LogP contribution in [0, 0.1) is 11.8 Å². The summed E-state index contributed by atoms with van der Waals surface area (Å²) in [5.74, 6) is 1.75. The SMILES string of the molecule is CC(C)C1CCCN1C(=O)CNCC1CC1.Cl. The fourth-order valence-electron chi connectivity index (χ4n) is 2.60. The fraction of sp³-hybridized carbons (Fsp3) is 0.923. The molecule has 0 aromatic heterocycles. The first-order valence-corrected chi connectivity index (χ1v) is 6.68. The molecular weight excluding hydrogens is 236 g/mol. The first kappa shape index (κ1) is 14.8. The third kappa shape index (κ3) is 4.14. The van der Waals surface area contributed by atoms with Gasteiger partial charge in [-0.05, 0) is 44.1 Å². The Balaban J connectivity index is 0.00000144. The molecule has 1 unspecified atom stereocenters. The van der Waals surface area contributed by atoms with Crippen molar-refractivity contribution >= 4 is 18.3 Å². The van der Waals surface area contributed by atoms with Crippen molar-refractivity contribution in [2.45, 2.75) is 45.6 Å². The summed E-state index contributed by atoms with van der Waals surface area (Å²) >= 11 is 0. The summed E-state index contributed by atoms with van der Waals surface area (Å²) < 4.78 is 0. The van der Waals surface area contributed by atoms with E-state index in [0.29, 0.717) is 24.4 Å². The van der Waals surface area contributed by atoms with Crippen molar-refractivity contribution < 1.29 is 4.79 Å². The zero-order chi connectivity index (χ0) is 11.5. The summed E-state index contributed by atoms with van der Waals surface area (Å²) in [6.45, 7) is 6.97. The van der Waals surface area contributed by atoms with Crippen molar-refractivity contribution in [3.63, 3.8) is 0 Å². The molecule has 1 aliphatic heterocycles. The van der Waals surface area contributed by atoms with Gasteiger partial charge in [0.25, 0.3) is 0 Å². The standard InChI is InChI=1S/C13H24N2O.ClH/c1-10(2)12-4-3-7-15(12)13(16)9-14-8-11-5-6-11;/h10-12,14H,3-9H2,1-2H3;1H. The number of carbonyl (C=O) groups is 1. The Bertz CT molecular complexity index is 254. The van der Waals surface area contributed by atoms with E-state index in [1.54, 1.807) is 0 Å². The van der Waals surface area contributed by atoms with Crippen LogP contribution in [0.25, 0.3) is 0 Å². The number of hydrogen-bond donors (Lipinski definition) is 1. The normalized spacial score (nSPS) is 23.9. The van der Waals surface area contributed by atoms with Gasteiger partial charge in [0.1, 0.15) is 0 Å². The number of halogens is 1. The third-order valence-electron chi connectivity index (χ3n) is 3.80. The fourth-order valence-corrected chi connectivity index (χ4v) is 2.60. The molecule has 3 nitrogen and oxygen atoms in total. The lowest BCUT2D eigenvalue weighted by molar-refractivity contribution is -0.131. The summed E-state index contributed by atoms with van der Waals surface area (Å²) in [5, 5.41) is 3.29. The van der Waals surface area contributed by atoms with E-state index in [2.05, 4.69) is 24.1 Å². The van der Waals surface area contributed by atoms with Crippen LogP contribution in [0.15, 0.2) is 0 Å². The molecule has 1 atom stereocenters. The summed E-state index contributed by atoms with van der Waals surface area (Å²) in [5.41, 5.74) is 0. The van der Waals surface area contributed by atoms with Gasteiger partial charge >= 0.3 is 0 Å². The quantitative estimate of drug-likeness (QED) is 0.821. The van der Waals surface area contributed by atoms with Gasteiger partial charge < -0.3 is 10.2 Å². The molecule has 1 heterocycles. The van der Waals surface area contributed by atoms with Gasteiger partial charge in [0.2, 0.25) is 5.91 Å². The molecule has 0 aromatic rings. The van der Waals surface area contributed by atoms with E-state index in [1.165, 1.54) is 25.7 Å². The van der Waals surface area contributed by atoms with Crippen LogP contribution in [0.2, 0.25) is 0 Å². The second-order valence-electron chi connectivity index (χ2n) is 5.62. The van der Waals surface area contributed by atoms with E-state index < -0.39 is 0 Å². The van der Waals surface area contributed by atoms with Gasteiger partial charge in [-0.3, -0.25) is 4.79 Å². The highest BCUT2D eigenvalue weighted by Crippen LogP contribution is 2.27. The highest BCUT2D eigenvalue weighted by Gasteiger charge is 2.30. The number of likely N-dealkylation sites (tertiary alicyclic amines) is 1. The highest BCUT2D eigenvalue weighted by atomic mass is 35.5. The van der Waals surface area contributed by atoms with Crippen LogP contribution >= 0.6 is 12.4 Å². The summed E-state index contributed by atoms with van der Waals surface area (Å²) in [6, 6.07) is 0.482. The van der Waals surface area contributed by atoms with Gasteiger partial charge in [0, 0.05) is 12.6 Å². The lowest BCUT2D eigenvalue weighted by Crippen LogP contribution is -2.43. The number of amides is 1. The number of nitrogens with zero attached hydrogens (tertiary/aromatic N) is 1. The number of hydrogen-bond acceptors (Lipinski definition) is 2. The van der Waals surface area contributed by atoms with E-state index in [0.717, 1.165) is 19.0 Å². The topological polar surface area (TPSA) is 32.3 Å². The number of rotatable bonds is 5. The Morgan fingerprint density at radius 1 is 1.35 bits per heavy atom. The van der Waals surface area contributed by atoms with Gasteiger partial charge in [-0.2, -0.15) is 0 Å². The van der Waals surface area contributed by atoms with Gasteiger partial charge in [-0.25, -0.2) is 0 Å². The van der Waals surface area contributed by atoms with E-state index in [4.69, 9.17) is 0 Å². The minimum absolute atomic E-state index is 0. The molecule has 0 aromatic carbocycles. The molecule has 1 N–H and O–H groups in total. The van der Waals surface area contributed by atoms with Crippen molar-refractivity contribution in [1.82, 2.24) is 10.2 Å². The molecule has 1 saturated carbocycles. The van der Waals surface area contributed by atoms with Gasteiger partial charge in [0.15, 0.2) is 0 Å². The summed E-state index contributed by atoms with van der Waals surface area (Å²) in [4.78, 5) is 14.1. The second-order valence-corrected chi connectivity index (χ2v) is 5.62. The Kier molecular flexibility index (Phi) is 5.74. The molecule has 0 bridgehead atoms. The predicted molar refractivity (Wildman–Crippen MR) is 72.4 cm³/mol. The van der Waals surface area contributed by atoms with Crippen LogP contribution in [-0.2, 0) is 4.79 Å². The smallest absolute Gasteiger partial charge is 0.236 e. The Morgan fingerprint density at radius 2 is 2.06 bits per heavy atom. The molecule has 0 spiro atoms. The number of carbonyl (C=O) groups excluding carboxylic acids is 1. The first-order valence-electron chi connectivity index (χ1n) is 6.68. The molecule has 4 heteroatoms. The molecule has 2 aliphatic rings. The van der Waals surface area contributed by atoms with Crippen molar-refractivity contribution in [1.29, 1.82) is 0 Å². The molecule has 100 valence electrons. The lowest BCUT2D eigenvalue weighted by atomic mass is 10.0. The van der Waals surface area contributed by atoms with E-state index in [1.807, 2.05) is 0 Å². The van der Waals surface area contributed by atoms with E-state index in [-0.39, 0.29) is 12.4 Å². The second kappa shape index (κ2) is 6.60. The molecule has 2 rings (SSSR count). The highest BCUT2D eigenvalue weighted by molar-refractivity contribution is 5.85. The van der Waals surface area contributed by atoms with Crippen LogP contribution in [0.3, 0.4) is 0 Å². The maximum atomic E-state index is 12.0. The Hall–Kier alpha value is -0.280. The molecule has 1 aliphatic carbocycles. The van der Waals surface area contributed by atoms with Crippen molar-refractivity contribution in [2.24, 2.45) is 11.8 Å². The molecule has 1 amide bonds. The minimum atomic E-state index is 0. The lowest BCUT2D eigenvalue weighted by Gasteiger charge is -2.27. The third-order valence-corrected chi connectivity index (χ3v) is 3.80. The molecule has 2 fully saturated rings. The average Bonchev–Trinajstić information content (AvgIpc) is 2.93. The maximum absolute atomic E-state index is 12.0. The van der Waals surface area contributed by atoms with Crippen LogP contribution in [0.4, 0.5) is 0 Å². The van der Waals surface area contributed by atoms with Crippen LogP contribution in [0.5, 0.6) is 0 Å². The van der Waals surface area contributed by atoms with Crippen molar-refractivity contribution in [3.8, 4) is 0 Å². The molecule has 1 saturated heterocycles. The van der Waals surface area contributed by atoms with Crippen LogP contribution in [-0.4, -0.2) is 36.5 Å². The number of nitrogens with one attached hydrogen (secondary N) is 1. The summed E-state index contributed by atoms with van der Waals surface area (Å²) in [7, 11) is 0. The zero-order valence-electron chi connectivity index (χ0n) is 10.9. The molecule has 0 radical (unpaired) electrons. The Labute approximate surface area is 111 Å². The van der Waals surface area contributed by atoms with Gasteiger partial charge in [-0.15, -0.1) is 12.4 Å².